The minimum atomic E-state index is 0.143. The van der Waals surface area contributed by atoms with Crippen LogP contribution in [-0.4, -0.2) is 0 Å². The van der Waals surface area contributed by atoms with E-state index >= 15 is 0 Å². The molecule has 0 aliphatic heterocycles. The molecule has 0 N–H and O–H groups in total. The maximum atomic E-state index is 6.30. The minimum Gasteiger partial charge on any atom is -0.118 e. The van der Waals surface area contributed by atoms with E-state index in [-0.39, 0.29) is 5.38 Å². The van der Waals surface area contributed by atoms with Gasteiger partial charge in [0, 0.05) is 0 Å². The zero-order valence-corrected chi connectivity index (χ0v) is 10.8. The first kappa shape index (κ1) is 12.2. The number of rotatable bonds is 4. The molecule has 0 fully saturated rings. The molecule has 0 bridgehead atoms. The molecule has 17 heavy (non-hydrogen) atoms. The van der Waals surface area contributed by atoms with Crippen molar-refractivity contribution in [3.63, 3.8) is 0 Å². The molecule has 1 atom stereocenters. The number of hydrogen-bond acceptors (Lipinski definition) is 0. The predicted molar refractivity (Wildman–Crippen MR) is 75.4 cm³/mol. The van der Waals surface area contributed by atoms with Crippen LogP contribution in [0.2, 0.25) is 0 Å². The Kier molecular flexibility index (Phi) is 4.22. The standard InChI is InChI=1S/C16H17Cl/c1-2-6-16(17)15-11-9-14(10-12-15)13-7-4-3-5-8-13/h3-5,7-12,16H,2,6H2,1H3. The van der Waals surface area contributed by atoms with E-state index in [0.717, 1.165) is 12.8 Å². The van der Waals surface area contributed by atoms with Gasteiger partial charge in [-0.25, -0.2) is 0 Å². The molecule has 1 heteroatoms. The Balaban J connectivity index is 2.19. The van der Waals surface area contributed by atoms with Gasteiger partial charge < -0.3 is 0 Å². The molecule has 2 aromatic carbocycles. The molecule has 88 valence electrons. The van der Waals surface area contributed by atoms with Gasteiger partial charge >= 0.3 is 0 Å². The van der Waals surface area contributed by atoms with Gasteiger partial charge in [-0.15, -0.1) is 11.6 Å². The highest BCUT2D eigenvalue weighted by atomic mass is 35.5. The molecule has 0 heterocycles. The lowest BCUT2D eigenvalue weighted by Crippen LogP contribution is -1.89. The Morgan fingerprint density at radius 2 is 1.47 bits per heavy atom. The summed E-state index contributed by atoms with van der Waals surface area (Å²) < 4.78 is 0. The summed E-state index contributed by atoms with van der Waals surface area (Å²) in [6.07, 6.45) is 2.15. The molecule has 2 aromatic rings. The Morgan fingerprint density at radius 1 is 0.882 bits per heavy atom. The molecule has 0 saturated carbocycles. The lowest BCUT2D eigenvalue weighted by molar-refractivity contribution is 0.770. The summed E-state index contributed by atoms with van der Waals surface area (Å²) >= 11 is 6.30. The van der Waals surface area contributed by atoms with E-state index in [9.17, 15) is 0 Å². The van der Waals surface area contributed by atoms with E-state index < -0.39 is 0 Å². The second kappa shape index (κ2) is 5.88. The zero-order chi connectivity index (χ0) is 12.1. The molecule has 0 saturated heterocycles. The molecule has 1 unspecified atom stereocenters. The molecule has 2 rings (SSSR count). The summed E-state index contributed by atoms with van der Waals surface area (Å²) in [7, 11) is 0. The van der Waals surface area contributed by atoms with Crippen LogP contribution in [-0.2, 0) is 0 Å². The van der Waals surface area contributed by atoms with E-state index in [1.165, 1.54) is 16.7 Å². The van der Waals surface area contributed by atoms with Crippen molar-refractivity contribution in [2.75, 3.05) is 0 Å². The van der Waals surface area contributed by atoms with Gasteiger partial charge in [0.05, 0.1) is 5.38 Å². The van der Waals surface area contributed by atoms with E-state index in [2.05, 4.69) is 55.5 Å². The fourth-order valence-electron chi connectivity index (χ4n) is 1.94. The van der Waals surface area contributed by atoms with Crippen molar-refractivity contribution < 1.29 is 0 Å². The third kappa shape index (κ3) is 3.10. The quantitative estimate of drug-likeness (QED) is 0.629. The third-order valence-electron chi connectivity index (χ3n) is 2.92. The molecule has 0 nitrogen and oxygen atoms in total. The lowest BCUT2D eigenvalue weighted by atomic mass is 10.0. The zero-order valence-electron chi connectivity index (χ0n) is 10.1. The number of alkyl halides is 1. The van der Waals surface area contributed by atoms with Gasteiger partial charge in [0.15, 0.2) is 0 Å². The van der Waals surface area contributed by atoms with E-state index in [4.69, 9.17) is 11.6 Å². The molecular formula is C16H17Cl. The van der Waals surface area contributed by atoms with Crippen LogP contribution in [0.3, 0.4) is 0 Å². The highest BCUT2D eigenvalue weighted by Crippen LogP contribution is 2.27. The van der Waals surface area contributed by atoms with Crippen molar-refractivity contribution in [2.24, 2.45) is 0 Å². The first-order valence-electron chi connectivity index (χ1n) is 6.10. The first-order chi connectivity index (χ1) is 8.31. The average molecular weight is 245 g/mol. The molecule has 0 aromatic heterocycles. The minimum absolute atomic E-state index is 0.143. The maximum absolute atomic E-state index is 6.30. The second-order valence-corrected chi connectivity index (χ2v) is 4.77. The van der Waals surface area contributed by atoms with Crippen LogP contribution < -0.4 is 0 Å². The van der Waals surface area contributed by atoms with E-state index in [1.807, 2.05) is 6.07 Å². The van der Waals surface area contributed by atoms with Crippen LogP contribution in [0.1, 0.15) is 30.7 Å². The Morgan fingerprint density at radius 3 is 2.06 bits per heavy atom. The Hall–Kier alpha value is -1.27. The number of hydrogen-bond donors (Lipinski definition) is 0. The van der Waals surface area contributed by atoms with Gasteiger partial charge in [0.1, 0.15) is 0 Å². The molecule has 0 spiro atoms. The maximum Gasteiger partial charge on any atom is 0.0585 e. The van der Waals surface area contributed by atoms with Crippen LogP contribution in [0, 0.1) is 0 Å². The summed E-state index contributed by atoms with van der Waals surface area (Å²) in [6, 6.07) is 19.0. The monoisotopic (exact) mass is 244 g/mol. The summed E-state index contributed by atoms with van der Waals surface area (Å²) in [5, 5.41) is 0.143. The van der Waals surface area contributed by atoms with Crippen molar-refractivity contribution in [1.82, 2.24) is 0 Å². The lowest BCUT2D eigenvalue weighted by Gasteiger charge is -2.09. The summed E-state index contributed by atoms with van der Waals surface area (Å²) in [5.74, 6) is 0. The SMILES string of the molecule is CCCC(Cl)c1ccc(-c2ccccc2)cc1. The van der Waals surface area contributed by atoms with E-state index in [1.54, 1.807) is 0 Å². The molecule has 0 aliphatic carbocycles. The summed E-state index contributed by atoms with van der Waals surface area (Å²) in [4.78, 5) is 0. The van der Waals surface area contributed by atoms with E-state index in [0.29, 0.717) is 0 Å². The first-order valence-corrected chi connectivity index (χ1v) is 6.54. The highest BCUT2D eigenvalue weighted by molar-refractivity contribution is 6.20. The van der Waals surface area contributed by atoms with Crippen LogP contribution in [0.4, 0.5) is 0 Å². The van der Waals surface area contributed by atoms with Crippen molar-refractivity contribution in [2.45, 2.75) is 25.1 Å². The van der Waals surface area contributed by atoms with Crippen LogP contribution in [0.25, 0.3) is 11.1 Å². The fraction of sp³-hybridized carbons (Fsp3) is 0.250. The number of benzene rings is 2. The Bertz CT molecular complexity index is 445. The van der Waals surface area contributed by atoms with Crippen molar-refractivity contribution >= 4 is 11.6 Å². The predicted octanol–water partition coefficient (Wildman–Crippen LogP) is 5.43. The molecular weight excluding hydrogens is 228 g/mol. The van der Waals surface area contributed by atoms with Crippen LogP contribution in [0.15, 0.2) is 54.6 Å². The average Bonchev–Trinajstić information content (AvgIpc) is 2.40. The van der Waals surface area contributed by atoms with Gasteiger partial charge in [-0.3, -0.25) is 0 Å². The van der Waals surface area contributed by atoms with Crippen LogP contribution >= 0.6 is 11.6 Å². The van der Waals surface area contributed by atoms with Gasteiger partial charge in [-0.05, 0) is 23.1 Å². The highest BCUT2D eigenvalue weighted by Gasteiger charge is 2.06. The van der Waals surface area contributed by atoms with Gasteiger partial charge in [-0.1, -0.05) is 67.9 Å². The number of halogens is 1. The van der Waals surface area contributed by atoms with Crippen molar-refractivity contribution in [1.29, 1.82) is 0 Å². The molecule has 0 amide bonds. The second-order valence-electron chi connectivity index (χ2n) is 4.24. The molecule has 0 radical (unpaired) electrons. The summed E-state index contributed by atoms with van der Waals surface area (Å²) in [5.41, 5.74) is 3.71. The topological polar surface area (TPSA) is 0 Å². The van der Waals surface area contributed by atoms with Crippen molar-refractivity contribution in [3.8, 4) is 11.1 Å². The Labute approximate surface area is 108 Å². The van der Waals surface area contributed by atoms with Gasteiger partial charge in [0.2, 0.25) is 0 Å². The third-order valence-corrected chi connectivity index (χ3v) is 3.39. The smallest absolute Gasteiger partial charge is 0.0585 e. The fourth-order valence-corrected chi connectivity index (χ4v) is 2.30. The van der Waals surface area contributed by atoms with Gasteiger partial charge in [-0.2, -0.15) is 0 Å². The largest absolute Gasteiger partial charge is 0.118 e. The molecule has 0 aliphatic rings. The van der Waals surface area contributed by atoms with Gasteiger partial charge in [0.25, 0.3) is 0 Å². The summed E-state index contributed by atoms with van der Waals surface area (Å²) in [6.45, 7) is 2.16. The normalized spacial score (nSPS) is 12.4. The van der Waals surface area contributed by atoms with Crippen molar-refractivity contribution in [3.05, 3.63) is 60.2 Å². The van der Waals surface area contributed by atoms with Crippen LogP contribution in [0.5, 0.6) is 0 Å².